The fourth-order valence-corrected chi connectivity index (χ4v) is 1.67. The number of hydrogen-bond acceptors (Lipinski definition) is 2. The molecule has 0 unspecified atom stereocenters. The van der Waals surface area contributed by atoms with E-state index in [4.69, 9.17) is 4.74 Å². The molecular weight excluding hydrogens is 188 g/mol. The van der Waals surface area contributed by atoms with Crippen LogP contribution in [0.15, 0.2) is 11.1 Å². The average molecular weight is 212 g/mol. The lowest BCUT2D eigenvalue weighted by atomic mass is 9.98. The lowest BCUT2D eigenvalue weighted by Crippen LogP contribution is -2.10. The molecule has 0 saturated carbocycles. The van der Waals surface area contributed by atoms with Gasteiger partial charge in [0.1, 0.15) is 0 Å². The summed E-state index contributed by atoms with van der Waals surface area (Å²) in [5.74, 6) is -0.107. The quantitative estimate of drug-likeness (QED) is 0.473. The minimum Gasteiger partial charge on any atom is -0.463 e. The Morgan fingerprint density at radius 2 is 1.67 bits per heavy atom. The van der Waals surface area contributed by atoms with E-state index in [1.54, 1.807) is 0 Å². The summed E-state index contributed by atoms with van der Waals surface area (Å²) in [6, 6.07) is 0. The largest absolute Gasteiger partial charge is 0.463 e. The molecule has 0 radical (unpaired) electrons. The van der Waals surface area contributed by atoms with Gasteiger partial charge in [-0.05, 0) is 32.6 Å². The predicted molar refractivity (Wildman–Crippen MR) is 63.8 cm³/mol. The maximum absolute atomic E-state index is 11.7. The summed E-state index contributed by atoms with van der Waals surface area (Å²) in [7, 11) is 0. The van der Waals surface area contributed by atoms with Gasteiger partial charge in [0.2, 0.25) is 0 Å². The van der Waals surface area contributed by atoms with E-state index in [9.17, 15) is 4.79 Å². The van der Waals surface area contributed by atoms with E-state index in [2.05, 4.69) is 20.8 Å². The van der Waals surface area contributed by atoms with Crippen molar-refractivity contribution in [1.82, 2.24) is 0 Å². The Balaban J connectivity index is 4.68. The van der Waals surface area contributed by atoms with Gasteiger partial charge in [0.15, 0.2) is 0 Å². The summed E-state index contributed by atoms with van der Waals surface area (Å²) in [6.45, 7) is 8.66. The van der Waals surface area contributed by atoms with Gasteiger partial charge in [0.05, 0.1) is 6.61 Å². The van der Waals surface area contributed by atoms with Crippen LogP contribution in [0.1, 0.15) is 59.8 Å². The van der Waals surface area contributed by atoms with Crippen LogP contribution in [0.5, 0.6) is 0 Å². The lowest BCUT2D eigenvalue weighted by Gasteiger charge is -2.11. The zero-order chi connectivity index (χ0) is 11.7. The van der Waals surface area contributed by atoms with E-state index in [1.807, 2.05) is 6.92 Å². The van der Waals surface area contributed by atoms with Crippen molar-refractivity contribution in [3.63, 3.8) is 0 Å². The molecule has 0 aromatic rings. The molecule has 0 bridgehead atoms. The van der Waals surface area contributed by atoms with Gasteiger partial charge in [-0.25, -0.2) is 4.79 Å². The zero-order valence-corrected chi connectivity index (χ0v) is 10.6. The third-order valence-corrected chi connectivity index (χ3v) is 2.58. The SMILES string of the molecule is CCCCC(C(=O)OCC)=C(CC)CC. The van der Waals surface area contributed by atoms with E-state index in [1.165, 1.54) is 5.57 Å². The molecule has 0 N–H and O–H groups in total. The van der Waals surface area contributed by atoms with Crippen LogP contribution in [0.25, 0.3) is 0 Å². The number of carbonyl (C=O) groups excluding carboxylic acids is 1. The third kappa shape index (κ3) is 5.01. The summed E-state index contributed by atoms with van der Waals surface area (Å²) in [5.41, 5.74) is 2.17. The van der Waals surface area contributed by atoms with Crippen LogP contribution in [0, 0.1) is 0 Å². The second kappa shape index (κ2) is 8.51. The van der Waals surface area contributed by atoms with Gasteiger partial charge in [-0.1, -0.05) is 32.8 Å². The van der Waals surface area contributed by atoms with E-state index >= 15 is 0 Å². The van der Waals surface area contributed by atoms with Crippen LogP contribution in [-0.2, 0) is 9.53 Å². The van der Waals surface area contributed by atoms with Crippen LogP contribution < -0.4 is 0 Å². The molecule has 2 heteroatoms. The van der Waals surface area contributed by atoms with Crippen LogP contribution in [0.4, 0.5) is 0 Å². The van der Waals surface area contributed by atoms with Crippen molar-refractivity contribution in [2.75, 3.05) is 6.61 Å². The highest BCUT2D eigenvalue weighted by Gasteiger charge is 2.13. The standard InChI is InChI=1S/C13H24O2/c1-5-9-10-12(11(6-2)7-3)13(14)15-8-4/h5-10H2,1-4H3. The van der Waals surface area contributed by atoms with E-state index in [-0.39, 0.29) is 5.97 Å². The molecule has 0 aromatic heterocycles. The normalized spacial score (nSPS) is 9.87. The lowest BCUT2D eigenvalue weighted by molar-refractivity contribution is -0.138. The van der Waals surface area contributed by atoms with Crippen LogP contribution >= 0.6 is 0 Å². The summed E-state index contributed by atoms with van der Waals surface area (Å²) in [5, 5.41) is 0. The molecule has 0 rings (SSSR count). The molecule has 0 saturated heterocycles. The number of allylic oxidation sites excluding steroid dienone is 1. The number of ether oxygens (including phenoxy) is 1. The second-order valence-corrected chi connectivity index (χ2v) is 3.61. The topological polar surface area (TPSA) is 26.3 Å². The third-order valence-electron chi connectivity index (χ3n) is 2.58. The number of hydrogen-bond donors (Lipinski definition) is 0. The molecule has 0 spiro atoms. The number of carbonyl (C=O) groups is 1. The van der Waals surface area contributed by atoms with Crippen molar-refractivity contribution in [3.05, 3.63) is 11.1 Å². The fraction of sp³-hybridized carbons (Fsp3) is 0.769. The Labute approximate surface area is 93.7 Å². The molecular formula is C13H24O2. The van der Waals surface area contributed by atoms with E-state index in [0.29, 0.717) is 6.61 Å². The van der Waals surface area contributed by atoms with Crippen molar-refractivity contribution in [2.45, 2.75) is 59.8 Å². The average Bonchev–Trinajstić information content (AvgIpc) is 2.24. The number of unbranched alkanes of at least 4 members (excludes halogenated alkanes) is 1. The fourth-order valence-electron chi connectivity index (χ4n) is 1.67. The van der Waals surface area contributed by atoms with Crippen molar-refractivity contribution in [1.29, 1.82) is 0 Å². The summed E-state index contributed by atoms with van der Waals surface area (Å²) < 4.78 is 5.09. The van der Waals surface area contributed by atoms with Crippen LogP contribution in [-0.4, -0.2) is 12.6 Å². The van der Waals surface area contributed by atoms with Gasteiger partial charge >= 0.3 is 5.97 Å². The van der Waals surface area contributed by atoms with E-state index < -0.39 is 0 Å². The highest BCUT2D eigenvalue weighted by molar-refractivity contribution is 5.89. The Hall–Kier alpha value is -0.790. The molecule has 0 heterocycles. The van der Waals surface area contributed by atoms with Gasteiger partial charge in [-0.2, -0.15) is 0 Å². The number of esters is 1. The maximum atomic E-state index is 11.7. The molecule has 2 nitrogen and oxygen atoms in total. The monoisotopic (exact) mass is 212 g/mol. The minimum atomic E-state index is -0.107. The van der Waals surface area contributed by atoms with Gasteiger partial charge in [0.25, 0.3) is 0 Å². The van der Waals surface area contributed by atoms with Crippen LogP contribution in [0.2, 0.25) is 0 Å². The summed E-state index contributed by atoms with van der Waals surface area (Å²) in [6.07, 6.45) is 4.95. The first-order valence-electron chi connectivity index (χ1n) is 6.09. The summed E-state index contributed by atoms with van der Waals surface area (Å²) >= 11 is 0. The minimum absolute atomic E-state index is 0.107. The van der Waals surface area contributed by atoms with Crippen molar-refractivity contribution >= 4 is 5.97 Å². The predicted octanol–water partition coefficient (Wildman–Crippen LogP) is 3.86. The van der Waals surface area contributed by atoms with E-state index in [0.717, 1.165) is 37.7 Å². The Morgan fingerprint density at radius 1 is 1.07 bits per heavy atom. The molecule has 88 valence electrons. The van der Waals surface area contributed by atoms with Crippen molar-refractivity contribution < 1.29 is 9.53 Å². The van der Waals surface area contributed by atoms with Gasteiger partial charge in [0, 0.05) is 5.57 Å². The molecule has 0 aromatic carbocycles. The number of rotatable bonds is 7. The van der Waals surface area contributed by atoms with Gasteiger partial charge < -0.3 is 4.74 Å². The first kappa shape index (κ1) is 14.2. The maximum Gasteiger partial charge on any atom is 0.333 e. The van der Waals surface area contributed by atoms with Gasteiger partial charge in [-0.15, -0.1) is 0 Å². The van der Waals surface area contributed by atoms with Crippen molar-refractivity contribution in [3.8, 4) is 0 Å². The highest BCUT2D eigenvalue weighted by atomic mass is 16.5. The molecule has 0 aliphatic heterocycles. The van der Waals surface area contributed by atoms with Crippen LogP contribution in [0.3, 0.4) is 0 Å². The molecule has 15 heavy (non-hydrogen) atoms. The Kier molecular flexibility index (Phi) is 8.06. The zero-order valence-electron chi connectivity index (χ0n) is 10.6. The second-order valence-electron chi connectivity index (χ2n) is 3.61. The Morgan fingerprint density at radius 3 is 2.07 bits per heavy atom. The first-order chi connectivity index (χ1) is 7.21. The first-order valence-corrected chi connectivity index (χ1v) is 6.09. The van der Waals surface area contributed by atoms with Crippen molar-refractivity contribution in [2.24, 2.45) is 0 Å². The molecule has 0 aliphatic carbocycles. The summed E-state index contributed by atoms with van der Waals surface area (Å²) in [4.78, 5) is 11.7. The molecule has 0 atom stereocenters. The molecule has 0 aliphatic rings. The smallest absolute Gasteiger partial charge is 0.333 e. The Bertz CT molecular complexity index is 211. The highest BCUT2D eigenvalue weighted by Crippen LogP contribution is 2.19. The van der Waals surface area contributed by atoms with Gasteiger partial charge in [-0.3, -0.25) is 0 Å². The molecule has 0 fully saturated rings. The molecule has 0 amide bonds.